The number of thiocarbonyl (C=S) groups is 1. The highest BCUT2D eigenvalue weighted by Gasteiger charge is 2.25. The molecule has 1 aromatic rings. The zero-order valence-electron chi connectivity index (χ0n) is 10.1. The predicted octanol–water partition coefficient (Wildman–Crippen LogP) is 2.96. The van der Waals surface area contributed by atoms with Crippen LogP contribution in [0.5, 0.6) is 5.75 Å². The van der Waals surface area contributed by atoms with E-state index >= 15 is 0 Å². The first-order valence-electron chi connectivity index (χ1n) is 5.56. The Bertz CT molecular complexity index is 520. The Balaban J connectivity index is 2.41. The van der Waals surface area contributed by atoms with Crippen LogP contribution in [0.25, 0.3) is 5.57 Å². The number of rotatable bonds is 3. The second-order valence-corrected chi connectivity index (χ2v) is 5.42. The van der Waals surface area contributed by atoms with Crippen LogP contribution < -0.4 is 10.1 Å². The fourth-order valence-corrected chi connectivity index (χ4v) is 3.00. The van der Waals surface area contributed by atoms with Gasteiger partial charge in [-0.15, -0.1) is 0 Å². The molecule has 1 aliphatic heterocycles. The number of methoxy groups -OCH3 is 1. The van der Waals surface area contributed by atoms with Crippen LogP contribution in [0.4, 0.5) is 0 Å². The number of amides is 1. The molecule has 3 nitrogen and oxygen atoms in total. The summed E-state index contributed by atoms with van der Waals surface area (Å²) in [4.78, 5) is 12.5. The molecule has 2 rings (SSSR count). The highest BCUT2D eigenvalue weighted by atomic mass is 32.2. The second kappa shape index (κ2) is 5.54. The van der Waals surface area contributed by atoms with Crippen molar-refractivity contribution in [2.45, 2.75) is 13.3 Å². The molecule has 0 bridgehead atoms. The SMILES string of the molecule is CC/C(=C1/SC(=S)NC1=O)c1ccc(OC)cc1. The number of carbonyl (C=O) groups is 1. The maximum absolute atomic E-state index is 11.8. The Morgan fingerprint density at radius 2 is 2.06 bits per heavy atom. The fraction of sp³-hybridized carbons (Fsp3) is 0.231. The predicted molar refractivity (Wildman–Crippen MR) is 78.5 cm³/mol. The first-order chi connectivity index (χ1) is 8.65. The molecule has 0 radical (unpaired) electrons. The van der Waals surface area contributed by atoms with E-state index < -0.39 is 0 Å². The summed E-state index contributed by atoms with van der Waals surface area (Å²) in [6.07, 6.45) is 0.782. The van der Waals surface area contributed by atoms with Crippen molar-refractivity contribution < 1.29 is 9.53 Å². The lowest BCUT2D eigenvalue weighted by Crippen LogP contribution is -2.18. The zero-order valence-corrected chi connectivity index (χ0v) is 11.8. The third-order valence-electron chi connectivity index (χ3n) is 2.68. The van der Waals surface area contributed by atoms with E-state index in [0.29, 0.717) is 9.23 Å². The number of nitrogens with one attached hydrogen (secondary N) is 1. The monoisotopic (exact) mass is 279 g/mol. The lowest BCUT2D eigenvalue weighted by atomic mass is 10.0. The van der Waals surface area contributed by atoms with Crippen LogP contribution in [0.2, 0.25) is 0 Å². The van der Waals surface area contributed by atoms with Crippen LogP contribution in [0.15, 0.2) is 29.2 Å². The minimum absolute atomic E-state index is 0.0994. The lowest BCUT2D eigenvalue weighted by Gasteiger charge is -2.08. The van der Waals surface area contributed by atoms with Gasteiger partial charge in [0.05, 0.1) is 12.0 Å². The molecule has 0 aromatic heterocycles. The quantitative estimate of drug-likeness (QED) is 0.682. The van der Waals surface area contributed by atoms with Gasteiger partial charge in [-0.2, -0.15) is 0 Å². The first kappa shape index (κ1) is 13.1. The first-order valence-corrected chi connectivity index (χ1v) is 6.79. The molecule has 1 saturated heterocycles. The Hall–Kier alpha value is -1.33. The van der Waals surface area contributed by atoms with Crippen molar-refractivity contribution in [1.82, 2.24) is 5.32 Å². The van der Waals surface area contributed by atoms with E-state index in [-0.39, 0.29) is 5.91 Å². The maximum Gasteiger partial charge on any atom is 0.263 e. The Kier molecular flexibility index (Phi) is 4.04. The number of thioether (sulfide) groups is 1. The lowest BCUT2D eigenvalue weighted by molar-refractivity contribution is -0.115. The summed E-state index contributed by atoms with van der Waals surface area (Å²) in [7, 11) is 1.63. The molecule has 0 saturated carbocycles. The van der Waals surface area contributed by atoms with E-state index in [0.717, 1.165) is 23.3 Å². The van der Waals surface area contributed by atoms with Crippen LogP contribution in [-0.2, 0) is 4.79 Å². The summed E-state index contributed by atoms with van der Waals surface area (Å²) in [6, 6.07) is 7.70. The van der Waals surface area contributed by atoms with Crippen LogP contribution in [0.3, 0.4) is 0 Å². The largest absolute Gasteiger partial charge is 0.497 e. The van der Waals surface area contributed by atoms with Crippen molar-refractivity contribution in [1.29, 1.82) is 0 Å². The van der Waals surface area contributed by atoms with Crippen LogP contribution >= 0.6 is 24.0 Å². The highest BCUT2D eigenvalue weighted by molar-refractivity contribution is 8.26. The van der Waals surface area contributed by atoms with Gasteiger partial charge < -0.3 is 10.1 Å². The fourth-order valence-electron chi connectivity index (χ4n) is 1.80. The smallest absolute Gasteiger partial charge is 0.263 e. The van der Waals surface area contributed by atoms with Crippen LogP contribution in [0, 0.1) is 0 Å². The molecule has 94 valence electrons. The summed E-state index contributed by atoms with van der Waals surface area (Å²) < 4.78 is 5.65. The molecule has 1 heterocycles. The van der Waals surface area contributed by atoms with Crippen molar-refractivity contribution in [3.05, 3.63) is 34.7 Å². The molecule has 1 N–H and O–H groups in total. The molecular weight excluding hydrogens is 266 g/mol. The average molecular weight is 279 g/mol. The van der Waals surface area contributed by atoms with Gasteiger partial charge in [-0.25, -0.2) is 0 Å². The normalized spacial score (nSPS) is 17.7. The van der Waals surface area contributed by atoms with Gasteiger partial charge in [-0.1, -0.05) is 43.0 Å². The molecule has 0 unspecified atom stereocenters. The van der Waals surface area contributed by atoms with Crippen molar-refractivity contribution in [3.8, 4) is 5.75 Å². The molecule has 1 aliphatic rings. The van der Waals surface area contributed by atoms with Gasteiger partial charge in [0.15, 0.2) is 0 Å². The number of allylic oxidation sites excluding steroid dienone is 1. The Labute approximate surface area is 116 Å². The number of carbonyl (C=O) groups excluding carboxylic acids is 1. The molecule has 1 fully saturated rings. The molecule has 18 heavy (non-hydrogen) atoms. The standard InChI is InChI=1S/C13H13NO2S2/c1-3-10(11-12(15)14-13(17)18-11)8-4-6-9(16-2)7-5-8/h4-7H,3H2,1-2H3,(H,14,15,17)/b11-10-. The summed E-state index contributed by atoms with van der Waals surface area (Å²) in [6.45, 7) is 2.03. The van der Waals surface area contributed by atoms with E-state index in [1.807, 2.05) is 31.2 Å². The molecule has 0 spiro atoms. The summed E-state index contributed by atoms with van der Waals surface area (Å²) in [5, 5.41) is 2.65. The third-order valence-corrected chi connectivity index (χ3v) is 3.96. The zero-order chi connectivity index (χ0) is 13.1. The van der Waals surface area contributed by atoms with Crippen LogP contribution in [0.1, 0.15) is 18.9 Å². The van der Waals surface area contributed by atoms with Crippen molar-refractivity contribution >= 4 is 39.8 Å². The topological polar surface area (TPSA) is 38.3 Å². The Morgan fingerprint density at radius 1 is 1.39 bits per heavy atom. The average Bonchev–Trinajstić information content (AvgIpc) is 2.70. The van der Waals surface area contributed by atoms with E-state index in [1.54, 1.807) is 7.11 Å². The maximum atomic E-state index is 11.8. The van der Waals surface area contributed by atoms with Gasteiger partial charge >= 0.3 is 0 Å². The van der Waals surface area contributed by atoms with Crippen molar-refractivity contribution in [3.63, 3.8) is 0 Å². The second-order valence-electron chi connectivity index (χ2n) is 3.73. The summed E-state index contributed by atoms with van der Waals surface area (Å²) in [5.41, 5.74) is 2.04. The molecule has 1 aromatic carbocycles. The van der Waals surface area contributed by atoms with Gasteiger partial charge in [0.25, 0.3) is 5.91 Å². The van der Waals surface area contributed by atoms with Crippen LogP contribution in [-0.4, -0.2) is 17.3 Å². The number of benzene rings is 1. The molecule has 0 aliphatic carbocycles. The highest BCUT2D eigenvalue weighted by Crippen LogP contribution is 2.34. The minimum atomic E-state index is -0.0994. The minimum Gasteiger partial charge on any atom is -0.497 e. The number of hydrogen-bond acceptors (Lipinski definition) is 4. The van der Waals surface area contributed by atoms with E-state index in [9.17, 15) is 4.79 Å². The third kappa shape index (κ3) is 2.57. The van der Waals surface area contributed by atoms with E-state index in [4.69, 9.17) is 17.0 Å². The van der Waals surface area contributed by atoms with Gasteiger partial charge in [0.1, 0.15) is 10.1 Å². The van der Waals surface area contributed by atoms with E-state index in [2.05, 4.69) is 5.32 Å². The van der Waals surface area contributed by atoms with Gasteiger partial charge in [-0.3, -0.25) is 4.79 Å². The molecule has 5 heteroatoms. The van der Waals surface area contributed by atoms with Gasteiger partial charge in [-0.05, 0) is 29.7 Å². The molecule has 1 amide bonds. The van der Waals surface area contributed by atoms with Gasteiger partial charge in [0, 0.05) is 0 Å². The summed E-state index contributed by atoms with van der Waals surface area (Å²) in [5.74, 6) is 0.705. The van der Waals surface area contributed by atoms with Crippen molar-refractivity contribution in [2.24, 2.45) is 0 Å². The van der Waals surface area contributed by atoms with E-state index in [1.165, 1.54) is 11.8 Å². The molecular formula is C13H13NO2S2. The van der Waals surface area contributed by atoms with Crippen molar-refractivity contribution in [2.75, 3.05) is 7.11 Å². The molecule has 0 atom stereocenters. The number of ether oxygens (including phenoxy) is 1. The Morgan fingerprint density at radius 3 is 2.50 bits per heavy atom. The number of hydrogen-bond donors (Lipinski definition) is 1. The summed E-state index contributed by atoms with van der Waals surface area (Å²) >= 11 is 6.34. The van der Waals surface area contributed by atoms with Gasteiger partial charge in [0.2, 0.25) is 0 Å².